The highest BCUT2D eigenvalue weighted by Gasteiger charge is 2.17. The second-order valence-electron chi connectivity index (χ2n) is 5.17. The molecule has 0 saturated heterocycles. The molecule has 0 aromatic rings. The Morgan fingerprint density at radius 1 is 1.19 bits per heavy atom. The molecule has 1 aliphatic carbocycles. The van der Waals surface area contributed by atoms with Crippen LogP contribution in [0.5, 0.6) is 0 Å². The van der Waals surface area contributed by atoms with Crippen molar-refractivity contribution in [3.8, 4) is 0 Å². The van der Waals surface area contributed by atoms with Crippen LogP contribution in [0.25, 0.3) is 0 Å². The fraction of sp³-hybridized carbons (Fsp3) is 0.867. The van der Waals surface area contributed by atoms with E-state index in [2.05, 4.69) is 31.3 Å². The van der Waals surface area contributed by atoms with E-state index in [4.69, 9.17) is 0 Å². The van der Waals surface area contributed by atoms with Crippen molar-refractivity contribution in [1.29, 1.82) is 0 Å². The average Bonchev–Trinajstić information content (AvgIpc) is 2.51. The highest BCUT2D eigenvalue weighted by atomic mass is 14.9. The Balaban J connectivity index is 2.14. The van der Waals surface area contributed by atoms with Gasteiger partial charge in [0.25, 0.3) is 0 Å². The summed E-state index contributed by atoms with van der Waals surface area (Å²) >= 11 is 0. The summed E-state index contributed by atoms with van der Waals surface area (Å²) < 4.78 is 0. The molecule has 94 valence electrons. The Labute approximate surface area is 102 Å². The summed E-state index contributed by atoms with van der Waals surface area (Å²) in [5.41, 5.74) is 0. The molecule has 0 aromatic carbocycles. The quantitative estimate of drug-likeness (QED) is 0.402. The van der Waals surface area contributed by atoms with Crippen LogP contribution in [0.15, 0.2) is 12.2 Å². The van der Waals surface area contributed by atoms with E-state index in [0.29, 0.717) is 0 Å². The van der Waals surface area contributed by atoms with Gasteiger partial charge < -0.3 is 5.32 Å². The lowest BCUT2D eigenvalue weighted by Crippen LogP contribution is -2.29. The molecular weight excluding hydrogens is 194 g/mol. The lowest BCUT2D eigenvalue weighted by Gasteiger charge is -2.16. The molecule has 0 amide bonds. The fourth-order valence-corrected chi connectivity index (χ4v) is 2.82. The number of hydrogen-bond acceptors (Lipinski definition) is 1. The van der Waals surface area contributed by atoms with Gasteiger partial charge in [0, 0.05) is 6.04 Å². The molecule has 1 heteroatoms. The van der Waals surface area contributed by atoms with E-state index < -0.39 is 0 Å². The monoisotopic (exact) mass is 223 g/mol. The van der Waals surface area contributed by atoms with Crippen LogP contribution in [0.4, 0.5) is 0 Å². The van der Waals surface area contributed by atoms with Crippen LogP contribution in [0, 0.1) is 5.92 Å². The smallest absolute Gasteiger partial charge is 0.00672 e. The van der Waals surface area contributed by atoms with Crippen LogP contribution >= 0.6 is 0 Å². The zero-order chi connectivity index (χ0) is 11.6. The summed E-state index contributed by atoms with van der Waals surface area (Å²) in [6, 6.07) is 0.798. The third-order valence-electron chi connectivity index (χ3n) is 3.76. The van der Waals surface area contributed by atoms with Crippen molar-refractivity contribution in [2.45, 2.75) is 71.3 Å². The van der Waals surface area contributed by atoms with Crippen molar-refractivity contribution >= 4 is 0 Å². The van der Waals surface area contributed by atoms with Gasteiger partial charge in [-0.05, 0) is 45.1 Å². The number of nitrogens with one attached hydrogen (secondary N) is 1. The molecule has 0 bridgehead atoms. The SMILES string of the molecule is C/C=C/CCNC1CCCC(CCC)CC1. The Morgan fingerprint density at radius 3 is 2.81 bits per heavy atom. The molecule has 2 atom stereocenters. The summed E-state index contributed by atoms with van der Waals surface area (Å²) in [4.78, 5) is 0. The number of rotatable bonds is 6. The molecule has 1 fully saturated rings. The largest absolute Gasteiger partial charge is 0.314 e. The summed E-state index contributed by atoms with van der Waals surface area (Å²) in [7, 11) is 0. The summed E-state index contributed by atoms with van der Waals surface area (Å²) in [5.74, 6) is 1.02. The number of allylic oxidation sites excluding steroid dienone is 1. The van der Waals surface area contributed by atoms with Gasteiger partial charge in [-0.25, -0.2) is 0 Å². The molecule has 16 heavy (non-hydrogen) atoms. The van der Waals surface area contributed by atoms with E-state index >= 15 is 0 Å². The van der Waals surface area contributed by atoms with Gasteiger partial charge in [0.2, 0.25) is 0 Å². The van der Waals surface area contributed by atoms with Gasteiger partial charge in [0.05, 0.1) is 0 Å². The van der Waals surface area contributed by atoms with Crippen LogP contribution in [0.2, 0.25) is 0 Å². The van der Waals surface area contributed by atoms with Gasteiger partial charge in [0.15, 0.2) is 0 Å². The van der Waals surface area contributed by atoms with Crippen molar-refractivity contribution in [2.75, 3.05) is 6.54 Å². The molecule has 0 aliphatic heterocycles. The van der Waals surface area contributed by atoms with Crippen LogP contribution in [-0.4, -0.2) is 12.6 Å². The van der Waals surface area contributed by atoms with E-state index in [1.807, 2.05) is 0 Å². The molecule has 1 nitrogen and oxygen atoms in total. The molecule has 0 aromatic heterocycles. The maximum Gasteiger partial charge on any atom is 0.00672 e. The van der Waals surface area contributed by atoms with Gasteiger partial charge in [-0.2, -0.15) is 0 Å². The van der Waals surface area contributed by atoms with Crippen molar-refractivity contribution in [2.24, 2.45) is 5.92 Å². The Hall–Kier alpha value is -0.300. The standard InChI is InChI=1S/C15H29N/c1-3-5-6-13-16-15-10-7-9-14(8-4-2)11-12-15/h3,5,14-16H,4,6-13H2,1-2H3/b5-3+. The van der Waals surface area contributed by atoms with Crippen molar-refractivity contribution < 1.29 is 0 Å². The van der Waals surface area contributed by atoms with Crippen molar-refractivity contribution in [3.05, 3.63) is 12.2 Å². The van der Waals surface area contributed by atoms with Crippen LogP contribution in [0.3, 0.4) is 0 Å². The number of hydrogen-bond donors (Lipinski definition) is 1. The first kappa shape index (κ1) is 13.8. The minimum absolute atomic E-state index is 0.798. The maximum absolute atomic E-state index is 3.71. The second-order valence-corrected chi connectivity index (χ2v) is 5.17. The van der Waals surface area contributed by atoms with Crippen LogP contribution in [-0.2, 0) is 0 Å². The lowest BCUT2D eigenvalue weighted by atomic mass is 9.95. The molecular formula is C15H29N. The molecule has 0 radical (unpaired) electrons. The Kier molecular flexibility index (Phi) is 7.58. The Bertz CT molecular complexity index is 186. The zero-order valence-corrected chi connectivity index (χ0v) is 11.2. The van der Waals surface area contributed by atoms with Crippen molar-refractivity contribution in [1.82, 2.24) is 5.32 Å². The van der Waals surface area contributed by atoms with Crippen LogP contribution in [0.1, 0.15) is 65.2 Å². The molecule has 0 heterocycles. The van der Waals surface area contributed by atoms with E-state index in [1.165, 1.54) is 51.4 Å². The third kappa shape index (κ3) is 5.69. The summed E-state index contributed by atoms with van der Waals surface area (Å²) in [6.45, 7) is 5.58. The van der Waals surface area contributed by atoms with Gasteiger partial charge in [-0.3, -0.25) is 0 Å². The van der Waals surface area contributed by atoms with Crippen LogP contribution < -0.4 is 5.32 Å². The average molecular weight is 223 g/mol. The lowest BCUT2D eigenvalue weighted by molar-refractivity contribution is 0.411. The predicted molar refractivity (Wildman–Crippen MR) is 72.7 cm³/mol. The maximum atomic E-state index is 3.71. The molecule has 0 spiro atoms. The van der Waals surface area contributed by atoms with Gasteiger partial charge >= 0.3 is 0 Å². The van der Waals surface area contributed by atoms with Gasteiger partial charge in [-0.15, -0.1) is 0 Å². The van der Waals surface area contributed by atoms with Gasteiger partial charge in [0.1, 0.15) is 0 Å². The van der Waals surface area contributed by atoms with Gasteiger partial charge in [-0.1, -0.05) is 44.8 Å². The molecule has 1 aliphatic rings. The summed E-state index contributed by atoms with van der Waals surface area (Å²) in [5, 5.41) is 3.71. The highest BCUT2D eigenvalue weighted by Crippen LogP contribution is 2.26. The zero-order valence-electron chi connectivity index (χ0n) is 11.2. The minimum Gasteiger partial charge on any atom is -0.314 e. The fourth-order valence-electron chi connectivity index (χ4n) is 2.82. The highest BCUT2D eigenvalue weighted by molar-refractivity contribution is 4.80. The molecule has 2 unspecified atom stereocenters. The second kappa shape index (κ2) is 8.81. The van der Waals surface area contributed by atoms with E-state index in [1.54, 1.807) is 0 Å². The van der Waals surface area contributed by atoms with E-state index in [-0.39, 0.29) is 0 Å². The van der Waals surface area contributed by atoms with E-state index in [9.17, 15) is 0 Å². The summed E-state index contributed by atoms with van der Waals surface area (Å²) in [6.07, 6.45) is 15.6. The molecule has 1 rings (SSSR count). The van der Waals surface area contributed by atoms with E-state index in [0.717, 1.165) is 18.5 Å². The third-order valence-corrected chi connectivity index (χ3v) is 3.76. The topological polar surface area (TPSA) is 12.0 Å². The first-order chi connectivity index (χ1) is 7.86. The Morgan fingerprint density at radius 2 is 2.06 bits per heavy atom. The molecule has 1 N–H and O–H groups in total. The normalized spacial score (nSPS) is 27.1. The predicted octanol–water partition coefficient (Wildman–Crippen LogP) is 4.29. The van der Waals surface area contributed by atoms with Crippen molar-refractivity contribution in [3.63, 3.8) is 0 Å². The first-order valence-electron chi connectivity index (χ1n) is 7.21. The first-order valence-corrected chi connectivity index (χ1v) is 7.21. The molecule has 1 saturated carbocycles. The minimum atomic E-state index is 0.798.